The predicted octanol–water partition coefficient (Wildman–Crippen LogP) is 5.12. The van der Waals surface area contributed by atoms with Crippen molar-refractivity contribution < 1.29 is 9.53 Å². The van der Waals surface area contributed by atoms with Gasteiger partial charge in [0.1, 0.15) is 11.6 Å². The van der Waals surface area contributed by atoms with Crippen LogP contribution in [0.4, 0.5) is 5.82 Å². The van der Waals surface area contributed by atoms with E-state index in [0.29, 0.717) is 17.3 Å². The topological polar surface area (TPSA) is 67.3 Å². The van der Waals surface area contributed by atoms with E-state index in [-0.39, 0.29) is 5.91 Å². The Labute approximate surface area is 193 Å². The van der Waals surface area contributed by atoms with E-state index in [1.807, 2.05) is 30.3 Å². The van der Waals surface area contributed by atoms with Crippen molar-refractivity contribution in [2.75, 3.05) is 25.5 Å². The standard InChI is InChI=1S/C27H26N4O2/c1-18-8-12-33-25(13-18)20-3-4-22-17-29-26(16-23(22)14-20)30-27(32)21-5-9-28-24(15-21)19-6-10-31(2)11-7-19/h3-6,8-9,12-18H,7,10-11H2,1-2H3,(H,29,30,32)/t18-/m0/s1. The van der Waals surface area contributed by atoms with Crippen molar-refractivity contribution in [3.8, 4) is 0 Å². The van der Waals surface area contributed by atoms with Crippen LogP contribution in [0.3, 0.4) is 0 Å². The first-order chi connectivity index (χ1) is 16.0. The van der Waals surface area contributed by atoms with Crippen molar-refractivity contribution >= 4 is 33.8 Å². The molecule has 4 heterocycles. The second-order valence-corrected chi connectivity index (χ2v) is 8.59. The molecule has 0 aliphatic carbocycles. The number of hydrogen-bond acceptors (Lipinski definition) is 5. The Bertz CT molecular complexity index is 1310. The third-order valence-corrected chi connectivity index (χ3v) is 6.00. The Balaban J connectivity index is 1.36. The minimum Gasteiger partial charge on any atom is -0.465 e. The summed E-state index contributed by atoms with van der Waals surface area (Å²) >= 11 is 0. The first-order valence-electron chi connectivity index (χ1n) is 11.2. The molecule has 0 bridgehead atoms. The van der Waals surface area contributed by atoms with Crippen LogP contribution in [0.5, 0.6) is 0 Å². The highest BCUT2D eigenvalue weighted by Gasteiger charge is 2.14. The Kier molecular flexibility index (Phi) is 5.75. The van der Waals surface area contributed by atoms with Crippen molar-refractivity contribution in [3.05, 3.63) is 90.1 Å². The van der Waals surface area contributed by atoms with Crippen molar-refractivity contribution in [3.63, 3.8) is 0 Å². The van der Waals surface area contributed by atoms with Crippen molar-refractivity contribution in [2.45, 2.75) is 13.3 Å². The highest BCUT2D eigenvalue weighted by Crippen LogP contribution is 2.27. The number of hydrogen-bond donors (Lipinski definition) is 1. The molecule has 33 heavy (non-hydrogen) atoms. The third-order valence-electron chi connectivity index (χ3n) is 6.00. The van der Waals surface area contributed by atoms with E-state index in [1.165, 1.54) is 5.57 Å². The van der Waals surface area contributed by atoms with E-state index in [4.69, 9.17) is 4.74 Å². The van der Waals surface area contributed by atoms with Gasteiger partial charge in [0.2, 0.25) is 0 Å². The van der Waals surface area contributed by atoms with E-state index in [1.54, 1.807) is 24.7 Å². The third kappa shape index (κ3) is 4.71. The van der Waals surface area contributed by atoms with Gasteiger partial charge in [-0.2, -0.15) is 0 Å². The number of benzene rings is 1. The minimum absolute atomic E-state index is 0.201. The van der Waals surface area contributed by atoms with Crippen LogP contribution in [-0.2, 0) is 4.74 Å². The normalized spacial score (nSPS) is 18.4. The van der Waals surface area contributed by atoms with Crippen LogP contribution in [-0.4, -0.2) is 40.9 Å². The molecule has 6 heteroatoms. The maximum Gasteiger partial charge on any atom is 0.256 e. The smallest absolute Gasteiger partial charge is 0.256 e. The minimum atomic E-state index is -0.201. The molecule has 2 aliphatic heterocycles. The van der Waals surface area contributed by atoms with Gasteiger partial charge in [-0.1, -0.05) is 25.1 Å². The fourth-order valence-electron chi connectivity index (χ4n) is 4.04. The molecular formula is C27H26N4O2. The number of rotatable bonds is 4. The molecule has 6 nitrogen and oxygen atoms in total. The van der Waals surface area contributed by atoms with Gasteiger partial charge >= 0.3 is 0 Å². The Morgan fingerprint density at radius 1 is 1.15 bits per heavy atom. The van der Waals surface area contributed by atoms with Gasteiger partial charge in [-0.25, -0.2) is 4.98 Å². The van der Waals surface area contributed by atoms with Crippen molar-refractivity contribution in [1.82, 2.24) is 14.9 Å². The Hall–Kier alpha value is -3.77. The fourth-order valence-corrected chi connectivity index (χ4v) is 4.04. The van der Waals surface area contributed by atoms with E-state index >= 15 is 0 Å². The number of amides is 1. The lowest BCUT2D eigenvalue weighted by molar-refractivity contribution is 0.102. The number of nitrogens with one attached hydrogen (secondary N) is 1. The molecule has 1 aromatic carbocycles. The summed E-state index contributed by atoms with van der Waals surface area (Å²) in [6.45, 7) is 4.00. The highest BCUT2D eigenvalue weighted by molar-refractivity contribution is 6.04. The molecule has 166 valence electrons. The van der Waals surface area contributed by atoms with E-state index in [2.05, 4.69) is 52.4 Å². The largest absolute Gasteiger partial charge is 0.465 e. The van der Waals surface area contributed by atoms with Crippen LogP contribution in [0, 0.1) is 5.92 Å². The van der Waals surface area contributed by atoms with Crippen LogP contribution in [0.25, 0.3) is 22.1 Å². The van der Waals surface area contributed by atoms with Crippen LogP contribution >= 0.6 is 0 Å². The predicted molar refractivity (Wildman–Crippen MR) is 131 cm³/mol. The summed E-state index contributed by atoms with van der Waals surface area (Å²) in [5.41, 5.74) is 3.60. The van der Waals surface area contributed by atoms with Gasteiger partial charge < -0.3 is 15.0 Å². The van der Waals surface area contributed by atoms with Gasteiger partial charge in [0.05, 0.1) is 12.0 Å². The summed E-state index contributed by atoms with van der Waals surface area (Å²) in [5.74, 6) is 1.47. The Morgan fingerprint density at radius 3 is 2.88 bits per heavy atom. The lowest BCUT2D eigenvalue weighted by atomic mass is 10.0. The van der Waals surface area contributed by atoms with Crippen LogP contribution < -0.4 is 5.32 Å². The number of carbonyl (C=O) groups is 1. The summed E-state index contributed by atoms with van der Waals surface area (Å²) in [6.07, 6.45) is 12.4. The molecular weight excluding hydrogens is 412 g/mol. The van der Waals surface area contributed by atoms with Crippen LogP contribution in [0.1, 0.15) is 35.0 Å². The Morgan fingerprint density at radius 2 is 2.06 bits per heavy atom. The molecule has 0 fully saturated rings. The average Bonchev–Trinajstić information content (AvgIpc) is 2.84. The summed E-state index contributed by atoms with van der Waals surface area (Å²) in [7, 11) is 2.10. The van der Waals surface area contributed by atoms with E-state index in [0.717, 1.165) is 47.3 Å². The van der Waals surface area contributed by atoms with E-state index in [9.17, 15) is 4.79 Å². The molecule has 0 saturated heterocycles. The maximum atomic E-state index is 12.9. The first-order valence-corrected chi connectivity index (χ1v) is 11.2. The lowest BCUT2D eigenvalue weighted by Gasteiger charge is -2.21. The number of pyridine rings is 2. The number of ether oxygens (including phenoxy) is 1. The molecule has 0 saturated carbocycles. The highest BCUT2D eigenvalue weighted by atomic mass is 16.5. The first kappa shape index (κ1) is 21.1. The molecule has 1 atom stereocenters. The number of likely N-dealkylation sites (N-methyl/N-ethyl adjacent to an activating group) is 1. The zero-order chi connectivity index (χ0) is 22.8. The van der Waals surface area contributed by atoms with E-state index < -0.39 is 0 Å². The van der Waals surface area contributed by atoms with Gasteiger partial charge in [0.15, 0.2) is 0 Å². The quantitative estimate of drug-likeness (QED) is 0.612. The average molecular weight is 439 g/mol. The molecule has 0 unspecified atom stereocenters. The zero-order valence-electron chi connectivity index (χ0n) is 18.8. The molecule has 0 radical (unpaired) electrons. The van der Waals surface area contributed by atoms with Crippen molar-refractivity contribution in [1.29, 1.82) is 0 Å². The maximum absolute atomic E-state index is 12.9. The number of fused-ring (bicyclic) bond motifs is 1. The summed E-state index contributed by atoms with van der Waals surface area (Å²) in [6, 6.07) is 11.6. The summed E-state index contributed by atoms with van der Waals surface area (Å²) in [4.78, 5) is 24.1. The summed E-state index contributed by atoms with van der Waals surface area (Å²) < 4.78 is 5.69. The second kappa shape index (κ2) is 9.00. The SMILES string of the molecule is C[C@H]1C=COC(c2ccc3cnc(NC(=O)c4ccnc(C5=CCN(C)CC5)c4)cc3c2)=C1. The number of carbonyl (C=O) groups excluding carboxylic acids is 1. The van der Waals surface area contributed by atoms with Crippen LogP contribution in [0.15, 0.2) is 73.3 Å². The van der Waals surface area contributed by atoms with Crippen molar-refractivity contribution in [2.24, 2.45) is 5.92 Å². The summed E-state index contributed by atoms with van der Waals surface area (Å²) in [5, 5.41) is 4.91. The second-order valence-electron chi connectivity index (χ2n) is 8.59. The molecule has 5 rings (SSSR count). The molecule has 1 amide bonds. The molecule has 2 aromatic heterocycles. The van der Waals surface area contributed by atoms with Crippen LogP contribution in [0.2, 0.25) is 0 Å². The van der Waals surface area contributed by atoms with Gasteiger partial charge in [0.25, 0.3) is 5.91 Å². The number of nitrogens with zero attached hydrogens (tertiary/aromatic N) is 3. The molecule has 1 N–H and O–H groups in total. The lowest BCUT2D eigenvalue weighted by Crippen LogP contribution is -2.24. The molecule has 0 spiro atoms. The zero-order valence-corrected chi connectivity index (χ0v) is 18.8. The number of aromatic nitrogens is 2. The number of anilines is 1. The monoisotopic (exact) mass is 438 g/mol. The number of allylic oxidation sites excluding steroid dienone is 2. The van der Waals surface area contributed by atoms with Gasteiger partial charge in [-0.15, -0.1) is 0 Å². The molecule has 3 aromatic rings. The molecule has 2 aliphatic rings. The van der Waals surface area contributed by atoms with Gasteiger partial charge in [-0.05, 0) is 66.8 Å². The fraction of sp³-hybridized carbons (Fsp3) is 0.222. The van der Waals surface area contributed by atoms with Gasteiger partial charge in [0, 0.05) is 42.0 Å². The van der Waals surface area contributed by atoms with Gasteiger partial charge in [-0.3, -0.25) is 9.78 Å².